The Labute approximate surface area is 122 Å². The fraction of sp³-hybridized carbons (Fsp3) is 0.222. The van der Waals surface area contributed by atoms with Gasteiger partial charge >= 0.3 is 0 Å². The molecular formula is C18H21OP. The van der Waals surface area contributed by atoms with Crippen molar-refractivity contribution in [3.05, 3.63) is 72.6 Å². The summed E-state index contributed by atoms with van der Waals surface area (Å²) in [6, 6.07) is 20.7. The smallest absolute Gasteiger partial charge is 0.0794 e. The standard InChI is InChI=1S/C18H21OP/c1-3-10-18(19)15(2)20(16-11-6-4-7-12-16)17-13-8-5-9-14-17/h4-9,11-14,18-19H,2-3,10H2,1H3. The molecule has 0 amide bonds. The van der Waals surface area contributed by atoms with Crippen LogP contribution in [-0.4, -0.2) is 11.2 Å². The summed E-state index contributed by atoms with van der Waals surface area (Å²) in [5.41, 5.74) is 0. The van der Waals surface area contributed by atoms with Crippen molar-refractivity contribution in [3.63, 3.8) is 0 Å². The first-order chi connectivity index (χ1) is 9.74. The topological polar surface area (TPSA) is 20.2 Å². The summed E-state index contributed by atoms with van der Waals surface area (Å²) in [6.07, 6.45) is 1.32. The van der Waals surface area contributed by atoms with Crippen molar-refractivity contribution in [2.45, 2.75) is 25.9 Å². The van der Waals surface area contributed by atoms with Gasteiger partial charge in [0.2, 0.25) is 0 Å². The zero-order valence-electron chi connectivity index (χ0n) is 11.9. The fourth-order valence-electron chi connectivity index (χ4n) is 2.22. The quantitative estimate of drug-likeness (QED) is 0.800. The van der Waals surface area contributed by atoms with E-state index in [1.165, 1.54) is 10.6 Å². The molecule has 1 nitrogen and oxygen atoms in total. The number of hydrogen-bond donors (Lipinski definition) is 1. The summed E-state index contributed by atoms with van der Waals surface area (Å²) in [4.78, 5) is 0. The zero-order chi connectivity index (χ0) is 14.4. The summed E-state index contributed by atoms with van der Waals surface area (Å²) in [7, 11) is -0.707. The van der Waals surface area contributed by atoms with Crippen LogP contribution >= 0.6 is 7.92 Å². The lowest BCUT2D eigenvalue weighted by atomic mass is 10.2. The van der Waals surface area contributed by atoms with Gasteiger partial charge in [-0.1, -0.05) is 80.6 Å². The van der Waals surface area contributed by atoms with Crippen molar-refractivity contribution in [3.8, 4) is 0 Å². The fourth-order valence-corrected chi connectivity index (χ4v) is 4.55. The number of rotatable bonds is 6. The van der Waals surface area contributed by atoms with E-state index in [2.05, 4.69) is 37.8 Å². The first-order valence-corrected chi connectivity index (χ1v) is 8.35. The van der Waals surface area contributed by atoms with Gasteiger partial charge in [-0.05, 0) is 30.3 Å². The predicted molar refractivity (Wildman–Crippen MR) is 89.1 cm³/mol. The van der Waals surface area contributed by atoms with E-state index in [9.17, 15) is 5.11 Å². The molecule has 0 aromatic heterocycles. The number of aliphatic hydroxyl groups is 1. The Balaban J connectivity index is 2.38. The lowest BCUT2D eigenvalue weighted by molar-refractivity contribution is 0.208. The van der Waals surface area contributed by atoms with Crippen LogP contribution in [0.25, 0.3) is 0 Å². The molecule has 0 bridgehead atoms. The average molecular weight is 284 g/mol. The first kappa shape index (κ1) is 15.0. The van der Waals surface area contributed by atoms with Crippen molar-refractivity contribution in [1.82, 2.24) is 0 Å². The van der Waals surface area contributed by atoms with E-state index < -0.39 is 14.0 Å². The van der Waals surface area contributed by atoms with Gasteiger partial charge in [0.1, 0.15) is 0 Å². The van der Waals surface area contributed by atoms with E-state index in [1.807, 2.05) is 36.4 Å². The van der Waals surface area contributed by atoms with E-state index in [1.54, 1.807) is 0 Å². The lowest BCUT2D eigenvalue weighted by Gasteiger charge is -2.24. The van der Waals surface area contributed by atoms with E-state index in [0.29, 0.717) is 0 Å². The Morgan fingerprint density at radius 1 is 1.00 bits per heavy atom. The maximum Gasteiger partial charge on any atom is 0.0794 e. The van der Waals surface area contributed by atoms with E-state index in [0.717, 1.165) is 18.2 Å². The van der Waals surface area contributed by atoms with Crippen LogP contribution < -0.4 is 10.6 Å². The first-order valence-electron chi connectivity index (χ1n) is 7.01. The largest absolute Gasteiger partial charge is 0.388 e. The summed E-state index contributed by atoms with van der Waals surface area (Å²) in [6.45, 7) is 6.29. The number of benzene rings is 2. The van der Waals surface area contributed by atoms with Crippen LogP contribution in [0.3, 0.4) is 0 Å². The van der Waals surface area contributed by atoms with Crippen molar-refractivity contribution in [1.29, 1.82) is 0 Å². The van der Waals surface area contributed by atoms with Crippen molar-refractivity contribution in [2.75, 3.05) is 0 Å². The second-order valence-electron chi connectivity index (χ2n) is 4.80. The SMILES string of the molecule is C=C(C(O)CCC)P(c1ccccc1)c1ccccc1. The summed E-state index contributed by atoms with van der Waals surface area (Å²) in [5, 5.41) is 13.8. The minimum Gasteiger partial charge on any atom is -0.388 e. The van der Waals surface area contributed by atoms with Crippen LogP contribution in [0.1, 0.15) is 19.8 Å². The molecule has 0 aliphatic rings. The molecule has 0 radical (unpaired) electrons. The summed E-state index contributed by atoms with van der Waals surface area (Å²) >= 11 is 0. The minimum atomic E-state index is -0.707. The molecule has 2 aromatic rings. The van der Waals surface area contributed by atoms with Gasteiger partial charge in [-0.25, -0.2) is 0 Å². The van der Waals surface area contributed by atoms with Crippen molar-refractivity contribution in [2.24, 2.45) is 0 Å². The molecule has 1 atom stereocenters. The van der Waals surface area contributed by atoms with Gasteiger partial charge in [-0.3, -0.25) is 0 Å². The molecular weight excluding hydrogens is 263 g/mol. The Kier molecular flexibility index (Phi) is 5.52. The van der Waals surface area contributed by atoms with E-state index in [-0.39, 0.29) is 0 Å². The van der Waals surface area contributed by atoms with E-state index >= 15 is 0 Å². The van der Waals surface area contributed by atoms with Crippen LogP contribution in [0.15, 0.2) is 72.6 Å². The highest BCUT2D eigenvalue weighted by Gasteiger charge is 2.21. The summed E-state index contributed by atoms with van der Waals surface area (Å²) < 4.78 is 0. The second kappa shape index (κ2) is 7.38. The Hall–Kier alpha value is -1.43. The third kappa shape index (κ3) is 3.56. The van der Waals surface area contributed by atoms with Gasteiger partial charge in [0.15, 0.2) is 0 Å². The average Bonchev–Trinajstić information content (AvgIpc) is 2.50. The molecule has 2 aromatic carbocycles. The van der Waals surface area contributed by atoms with Gasteiger partial charge in [0.25, 0.3) is 0 Å². The molecule has 20 heavy (non-hydrogen) atoms. The molecule has 0 spiro atoms. The van der Waals surface area contributed by atoms with Crippen LogP contribution in [-0.2, 0) is 0 Å². The second-order valence-corrected chi connectivity index (χ2v) is 7.08. The Morgan fingerprint density at radius 2 is 1.45 bits per heavy atom. The maximum atomic E-state index is 10.3. The third-order valence-corrected chi connectivity index (χ3v) is 5.76. The Morgan fingerprint density at radius 3 is 1.85 bits per heavy atom. The minimum absolute atomic E-state index is 0.425. The molecule has 0 saturated heterocycles. The molecule has 0 saturated carbocycles. The summed E-state index contributed by atoms with van der Waals surface area (Å²) in [5.74, 6) is 0. The zero-order valence-corrected chi connectivity index (χ0v) is 12.8. The monoisotopic (exact) mass is 284 g/mol. The maximum absolute atomic E-state index is 10.3. The van der Waals surface area contributed by atoms with Crippen LogP contribution in [0.5, 0.6) is 0 Å². The van der Waals surface area contributed by atoms with Gasteiger partial charge in [0, 0.05) is 0 Å². The van der Waals surface area contributed by atoms with Crippen molar-refractivity contribution >= 4 is 18.5 Å². The van der Waals surface area contributed by atoms with Crippen LogP contribution in [0.4, 0.5) is 0 Å². The highest BCUT2D eigenvalue weighted by molar-refractivity contribution is 7.76. The molecule has 0 aliphatic heterocycles. The third-order valence-electron chi connectivity index (χ3n) is 3.26. The predicted octanol–water partition coefficient (Wildman–Crippen LogP) is 3.79. The highest BCUT2D eigenvalue weighted by Crippen LogP contribution is 2.44. The molecule has 0 fully saturated rings. The molecule has 1 N–H and O–H groups in total. The van der Waals surface area contributed by atoms with Crippen molar-refractivity contribution < 1.29 is 5.11 Å². The van der Waals surface area contributed by atoms with Gasteiger partial charge < -0.3 is 5.11 Å². The van der Waals surface area contributed by atoms with Gasteiger partial charge in [-0.2, -0.15) is 0 Å². The molecule has 2 heteroatoms. The number of aliphatic hydroxyl groups excluding tert-OH is 1. The normalized spacial score (nSPS) is 12.3. The molecule has 104 valence electrons. The number of hydrogen-bond acceptors (Lipinski definition) is 1. The van der Waals surface area contributed by atoms with Crippen LogP contribution in [0, 0.1) is 0 Å². The van der Waals surface area contributed by atoms with E-state index in [4.69, 9.17) is 0 Å². The lowest BCUT2D eigenvalue weighted by Crippen LogP contribution is -2.19. The molecule has 0 aliphatic carbocycles. The molecule has 0 heterocycles. The van der Waals surface area contributed by atoms with Crippen LogP contribution in [0.2, 0.25) is 0 Å². The molecule has 1 unspecified atom stereocenters. The Bertz CT molecular complexity index is 496. The van der Waals surface area contributed by atoms with Gasteiger partial charge in [-0.15, -0.1) is 0 Å². The highest BCUT2D eigenvalue weighted by atomic mass is 31.1. The van der Waals surface area contributed by atoms with Gasteiger partial charge in [0.05, 0.1) is 6.10 Å². The molecule has 2 rings (SSSR count).